The zero-order valence-electron chi connectivity index (χ0n) is 28.3. The topological polar surface area (TPSA) is 131 Å². The van der Waals surface area contributed by atoms with Crippen LogP contribution in [0.25, 0.3) is 11.6 Å². The van der Waals surface area contributed by atoms with E-state index in [9.17, 15) is 4.79 Å². The molecule has 0 aliphatic carbocycles. The lowest BCUT2D eigenvalue weighted by atomic mass is 9.84. The molecular weight excluding hydrogens is 568 g/mol. The number of hydrogen-bond donors (Lipinski definition) is 1. The lowest BCUT2D eigenvalue weighted by molar-refractivity contribution is -0.132. The summed E-state index contributed by atoms with van der Waals surface area (Å²) in [4.78, 5) is 12.1. The lowest BCUT2D eigenvalue weighted by Gasteiger charge is -2.38. The number of ether oxygens (including phenoxy) is 2. The number of carbonyl (C=O) groups is 1. The van der Waals surface area contributed by atoms with Gasteiger partial charge in [0.05, 0.1) is 12.7 Å². The van der Waals surface area contributed by atoms with Crippen LogP contribution in [-0.2, 0) is 17.8 Å². The molecule has 0 saturated carbocycles. The second-order valence-corrected chi connectivity index (χ2v) is 13.1. The SMILES string of the molecule is CCCCCCCCCCCCCCCCC1(C)CCc2c(Cn3cc(-c4nnc(N)o4)nn3)c(OC(C)=O)c(C)c(C)c2O1. The van der Waals surface area contributed by atoms with Crippen LogP contribution in [0.3, 0.4) is 0 Å². The summed E-state index contributed by atoms with van der Waals surface area (Å²) in [5.41, 5.74) is 9.62. The van der Waals surface area contributed by atoms with Crippen molar-refractivity contribution >= 4 is 12.0 Å². The maximum atomic E-state index is 12.1. The van der Waals surface area contributed by atoms with Crippen LogP contribution in [-0.4, -0.2) is 36.8 Å². The standard InChI is InChI=1S/C35H54N6O4/c1-6-7-8-9-10-11-12-13-14-15-16-17-18-19-21-35(5)22-20-28-29(31(43-27(4)42)25(2)26(3)32(28)45-35)23-41-24-30(37-40-41)33-38-39-34(36)44-33/h24H,6-23H2,1-5H3,(H2,36,39). The van der Waals surface area contributed by atoms with E-state index in [4.69, 9.17) is 19.6 Å². The largest absolute Gasteiger partial charge is 0.487 e. The Morgan fingerprint density at radius 2 is 1.56 bits per heavy atom. The van der Waals surface area contributed by atoms with Crippen LogP contribution >= 0.6 is 0 Å². The number of aromatic nitrogens is 5. The normalized spacial score (nSPS) is 16.0. The summed E-state index contributed by atoms with van der Waals surface area (Å²) in [5.74, 6) is 1.31. The number of unbranched alkanes of at least 4 members (excludes halogenated alkanes) is 13. The average molecular weight is 623 g/mol. The Bertz CT molecular complexity index is 1380. The molecule has 0 bridgehead atoms. The Balaban J connectivity index is 1.31. The van der Waals surface area contributed by atoms with E-state index in [0.717, 1.165) is 47.3 Å². The molecule has 0 saturated heterocycles. The van der Waals surface area contributed by atoms with Crippen LogP contribution in [0.4, 0.5) is 6.01 Å². The molecule has 4 rings (SSSR count). The second-order valence-electron chi connectivity index (χ2n) is 13.1. The average Bonchev–Trinajstić information content (AvgIpc) is 3.66. The third-order valence-electron chi connectivity index (χ3n) is 9.23. The first-order valence-electron chi connectivity index (χ1n) is 17.2. The van der Waals surface area contributed by atoms with Gasteiger partial charge < -0.3 is 19.6 Å². The molecule has 45 heavy (non-hydrogen) atoms. The Labute approximate surface area is 268 Å². The van der Waals surface area contributed by atoms with E-state index in [1.165, 1.54) is 96.8 Å². The van der Waals surface area contributed by atoms with Crippen LogP contribution in [0.2, 0.25) is 0 Å². The molecule has 248 valence electrons. The molecule has 10 heteroatoms. The van der Waals surface area contributed by atoms with E-state index in [2.05, 4.69) is 41.3 Å². The van der Waals surface area contributed by atoms with Gasteiger partial charge in [-0.3, -0.25) is 4.79 Å². The Hall–Kier alpha value is -3.43. The Morgan fingerprint density at radius 3 is 2.13 bits per heavy atom. The maximum Gasteiger partial charge on any atom is 0.313 e. The summed E-state index contributed by atoms with van der Waals surface area (Å²) in [5, 5.41) is 16.0. The number of anilines is 1. The number of fused-ring (bicyclic) bond motifs is 1. The highest BCUT2D eigenvalue weighted by Gasteiger charge is 2.35. The van der Waals surface area contributed by atoms with E-state index in [1.807, 2.05) is 6.92 Å². The minimum absolute atomic E-state index is 0.0331. The molecule has 0 spiro atoms. The minimum atomic E-state index is -0.362. The van der Waals surface area contributed by atoms with Crippen LogP contribution in [0, 0.1) is 13.8 Å². The predicted molar refractivity (Wildman–Crippen MR) is 176 cm³/mol. The summed E-state index contributed by atoms with van der Waals surface area (Å²) in [6.45, 7) is 10.3. The van der Waals surface area contributed by atoms with Gasteiger partial charge >= 0.3 is 12.0 Å². The van der Waals surface area contributed by atoms with E-state index in [0.29, 0.717) is 18.0 Å². The zero-order valence-corrected chi connectivity index (χ0v) is 28.3. The molecule has 1 aliphatic rings. The molecule has 3 heterocycles. The minimum Gasteiger partial charge on any atom is -0.487 e. The zero-order chi connectivity index (χ0) is 32.2. The first-order valence-corrected chi connectivity index (χ1v) is 17.2. The number of nitrogens with two attached hydrogens (primary N) is 1. The number of benzene rings is 1. The van der Waals surface area contributed by atoms with Crippen LogP contribution < -0.4 is 15.2 Å². The maximum absolute atomic E-state index is 12.1. The van der Waals surface area contributed by atoms with Crippen LogP contribution in [0.5, 0.6) is 11.5 Å². The van der Waals surface area contributed by atoms with Crippen molar-refractivity contribution in [2.45, 2.75) is 156 Å². The van der Waals surface area contributed by atoms with Gasteiger partial charge in [0.15, 0.2) is 5.69 Å². The van der Waals surface area contributed by atoms with Crippen molar-refractivity contribution in [1.29, 1.82) is 0 Å². The van der Waals surface area contributed by atoms with Gasteiger partial charge in [-0.25, -0.2) is 4.68 Å². The van der Waals surface area contributed by atoms with E-state index < -0.39 is 0 Å². The summed E-state index contributed by atoms with van der Waals surface area (Å²) in [6.07, 6.45) is 23.5. The number of carbonyl (C=O) groups excluding carboxylic acids is 1. The summed E-state index contributed by atoms with van der Waals surface area (Å²) < 4.78 is 19.6. The Morgan fingerprint density at radius 1 is 0.933 bits per heavy atom. The molecule has 2 N–H and O–H groups in total. The number of esters is 1. The smallest absolute Gasteiger partial charge is 0.313 e. The first-order chi connectivity index (χ1) is 21.7. The Kier molecular flexibility index (Phi) is 12.8. The lowest BCUT2D eigenvalue weighted by Crippen LogP contribution is -2.37. The molecule has 1 aromatic carbocycles. The van der Waals surface area contributed by atoms with Gasteiger partial charge in [-0.2, -0.15) is 0 Å². The quantitative estimate of drug-likeness (QED) is 0.0794. The molecule has 3 aromatic rings. The third kappa shape index (κ3) is 9.78. The summed E-state index contributed by atoms with van der Waals surface area (Å²) in [7, 11) is 0. The molecular formula is C35H54N6O4. The second kappa shape index (κ2) is 16.8. The van der Waals surface area contributed by atoms with E-state index in [-0.39, 0.29) is 23.5 Å². The first kappa shape index (κ1) is 34.4. The van der Waals surface area contributed by atoms with Crippen molar-refractivity contribution in [1.82, 2.24) is 25.2 Å². The van der Waals surface area contributed by atoms with Gasteiger partial charge in [-0.05, 0) is 57.6 Å². The predicted octanol–water partition coefficient (Wildman–Crippen LogP) is 8.46. The fourth-order valence-corrected chi connectivity index (χ4v) is 6.45. The molecule has 1 atom stereocenters. The molecule has 0 fully saturated rings. The molecule has 10 nitrogen and oxygen atoms in total. The van der Waals surface area contributed by atoms with Crippen molar-refractivity contribution in [3.05, 3.63) is 28.5 Å². The number of nitrogens with zero attached hydrogens (tertiary/aromatic N) is 5. The van der Waals surface area contributed by atoms with Crippen molar-refractivity contribution < 1.29 is 18.7 Å². The fourth-order valence-electron chi connectivity index (χ4n) is 6.45. The molecule has 0 amide bonds. The van der Waals surface area contributed by atoms with Gasteiger partial charge in [-0.15, -0.1) is 10.2 Å². The molecule has 0 radical (unpaired) electrons. The van der Waals surface area contributed by atoms with Crippen molar-refractivity contribution in [2.75, 3.05) is 5.73 Å². The number of nitrogen functional groups attached to an aromatic ring is 1. The molecule has 2 aromatic heterocycles. The monoisotopic (exact) mass is 622 g/mol. The molecule has 1 aliphatic heterocycles. The van der Waals surface area contributed by atoms with Gasteiger partial charge in [0, 0.05) is 18.1 Å². The van der Waals surface area contributed by atoms with Crippen molar-refractivity contribution in [3.8, 4) is 23.1 Å². The van der Waals surface area contributed by atoms with Crippen molar-refractivity contribution in [2.24, 2.45) is 0 Å². The fraction of sp³-hybridized carbons (Fsp3) is 0.686. The highest BCUT2D eigenvalue weighted by atomic mass is 16.5. The molecule has 1 unspecified atom stereocenters. The summed E-state index contributed by atoms with van der Waals surface area (Å²) in [6, 6.07) is -0.0331. The third-order valence-corrected chi connectivity index (χ3v) is 9.23. The van der Waals surface area contributed by atoms with Gasteiger partial charge in [0.25, 0.3) is 5.89 Å². The number of hydrogen-bond acceptors (Lipinski definition) is 9. The summed E-state index contributed by atoms with van der Waals surface area (Å²) >= 11 is 0. The van der Waals surface area contributed by atoms with Crippen molar-refractivity contribution in [3.63, 3.8) is 0 Å². The van der Waals surface area contributed by atoms with Crippen LogP contribution in [0.1, 0.15) is 146 Å². The number of rotatable bonds is 19. The highest BCUT2D eigenvalue weighted by Crippen LogP contribution is 2.45. The highest BCUT2D eigenvalue weighted by molar-refractivity contribution is 5.72. The van der Waals surface area contributed by atoms with E-state index >= 15 is 0 Å². The van der Waals surface area contributed by atoms with Gasteiger partial charge in [-0.1, -0.05) is 101 Å². The van der Waals surface area contributed by atoms with E-state index in [1.54, 1.807) is 10.9 Å². The van der Waals surface area contributed by atoms with Gasteiger partial charge in [0.1, 0.15) is 17.1 Å². The van der Waals surface area contributed by atoms with Crippen LogP contribution in [0.15, 0.2) is 10.6 Å². The van der Waals surface area contributed by atoms with Gasteiger partial charge in [0.2, 0.25) is 0 Å².